The minimum Gasteiger partial charge on any atom is -0.466 e. The summed E-state index contributed by atoms with van der Waals surface area (Å²) >= 11 is 0. The van der Waals surface area contributed by atoms with E-state index in [4.69, 9.17) is 4.74 Å². The summed E-state index contributed by atoms with van der Waals surface area (Å²) in [5.41, 5.74) is 1.46. The molecule has 0 saturated carbocycles. The molecule has 0 radical (unpaired) electrons. The number of hydrogen-bond acceptors (Lipinski definition) is 3. The summed E-state index contributed by atoms with van der Waals surface area (Å²) in [5, 5.41) is 0. The first-order valence-corrected chi connectivity index (χ1v) is 8.28. The maximum absolute atomic E-state index is 12.1. The lowest BCUT2D eigenvalue weighted by Crippen LogP contribution is -2.34. The van der Waals surface area contributed by atoms with Crippen LogP contribution in [-0.4, -0.2) is 36.5 Å². The van der Waals surface area contributed by atoms with Crippen molar-refractivity contribution in [2.75, 3.05) is 19.7 Å². The van der Waals surface area contributed by atoms with Gasteiger partial charge in [0.1, 0.15) is 0 Å². The van der Waals surface area contributed by atoms with Crippen molar-refractivity contribution in [3.8, 4) is 0 Å². The molecule has 0 aromatic carbocycles. The number of carbonyl (C=O) groups excluding carboxylic acids is 2. The average Bonchev–Trinajstić information content (AvgIpc) is 2.48. The van der Waals surface area contributed by atoms with Crippen LogP contribution in [0.15, 0.2) is 11.6 Å². The molecule has 0 aromatic heterocycles. The molecule has 120 valence electrons. The van der Waals surface area contributed by atoms with Gasteiger partial charge in [-0.1, -0.05) is 18.6 Å². The van der Waals surface area contributed by atoms with Gasteiger partial charge in [-0.3, -0.25) is 9.59 Å². The SMILES string of the molecule is CCCC(=O)N(CCC(=O)OCC)CCC1=CCCCC1. The summed E-state index contributed by atoms with van der Waals surface area (Å²) in [7, 11) is 0. The van der Waals surface area contributed by atoms with Gasteiger partial charge in [0.05, 0.1) is 13.0 Å². The van der Waals surface area contributed by atoms with Crippen LogP contribution >= 0.6 is 0 Å². The summed E-state index contributed by atoms with van der Waals surface area (Å²) < 4.78 is 4.94. The predicted octanol–water partition coefficient (Wildman–Crippen LogP) is 3.46. The maximum Gasteiger partial charge on any atom is 0.307 e. The van der Waals surface area contributed by atoms with Crippen LogP contribution in [0.25, 0.3) is 0 Å². The van der Waals surface area contributed by atoms with E-state index in [2.05, 4.69) is 6.08 Å². The summed E-state index contributed by atoms with van der Waals surface area (Å²) in [6, 6.07) is 0. The Bertz CT molecular complexity index is 363. The van der Waals surface area contributed by atoms with Crippen LogP contribution in [0.2, 0.25) is 0 Å². The number of allylic oxidation sites excluding steroid dienone is 1. The second kappa shape index (κ2) is 10.4. The first-order chi connectivity index (χ1) is 10.2. The van der Waals surface area contributed by atoms with E-state index in [-0.39, 0.29) is 11.9 Å². The number of rotatable bonds is 9. The van der Waals surface area contributed by atoms with Crippen molar-refractivity contribution in [2.24, 2.45) is 0 Å². The van der Waals surface area contributed by atoms with Crippen LogP contribution in [0.5, 0.6) is 0 Å². The van der Waals surface area contributed by atoms with Gasteiger partial charge in [-0.05, 0) is 45.4 Å². The molecule has 0 spiro atoms. The maximum atomic E-state index is 12.1. The standard InChI is InChI=1S/C17H29NO3/c1-3-8-16(19)18(14-12-17(20)21-4-2)13-11-15-9-6-5-7-10-15/h9H,3-8,10-14H2,1-2H3. The molecule has 0 aromatic rings. The third-order valence-electron chi connectivity index (χ3n) is 3.80. The Morgan fingerprint density at radius 1 is 1.19 bits per heavy atom. The molecule has 0 aliphatic heterocycles. The first-order valence-electron chi connectivity index (χ1n) is 8.28. The fourth-order valence-corrected chi connectivity index (χ4v) is 2.60. The van der Waals surface area contributed by atoms with E-state index in [9.17, 15) is 9.59 Å². The molecule has 0 bridgehead atoms. The Morgan fingerprint density at radius 3 is 2.62 bits per heavy atom. The third-order valence-corrected chi connectivity index (χ3v) is 3.80. The van der Waals surface area contributed by atoms with Gasteiger partial charge in [-0.25, -0.2) is 0 Å². The van der Waals surface area contributed by atoms with Crippen molar-refractivity contribution >= 4 is 11.9 Å². The van der Waals surface area contributed by atoms with Crippen molar-refractivity contribution in [3.05, 3.63) is 11.6 Å². The number of hydrogen-bond donors (Lipinski definition) is 0. The van der Waals surface area contributed by atoms with Gasteiger partial charge in [0.25, 0.3) is 0 Å². The van der Waals surface area contributed by atoms with E-state index in [1.165, 1.54) is 24.8 Å². The van der Waals surface area contributed by atoms with Gasteiger partial charge in [-0.2, -0.15) is 0 Å². The molecule has 1 amide bonds. The molecule has 4 nitrogen and oxygen atoms in total. The Balaban J connectivity index is 2.45. The topological polar surface area (TPSA) is 46.6 Å². The molecular formula is C17H29NO3. The minimum absolute atomic E-state index is 0.151. The molecule has 0 N–H and O–H groups in total. The highest BCUT2D eigenvalue weighted by molar-refractivity contribution is 5.77. The van der Waals surface area contributed by atoms with Gasteiger partial charge in [0.15, 0.2) is 0 Å². The van der Waals surface area contributed by atoms with Gasteiger partial charge in [-0.15, -0.1) is 0 Å². The molecule has 0 saturated heterocycles. The van der Waals surface area contributed by atoms with E-state index in [0.29, 0.717) is 26.0 Å². The fraction of sp³-hybridized carbons (Fsp3) is 0.765. The molecule has 4 heteroatoms. The Labute approximate surface area is 128 Å². The highest BCUT2D eigenvalue weighted by atomic mass is 16.5. The zero-order chi connectivity index (χ0) is 15.5. The van der Waals surface area contributed by atoms with Crippen molar-refractivity contribution in [3.63, 3.8) is 0 Å². The molecule has 0 heterocycles. The van der Waals surface area contributed by atoms with Crippen molar-refractivity contribution < 1.29 is 14.3 Å². The molecule has 0 fully saturated rings. The minimum atomic E-state index is -0.219. The Hall–Kier alpha value is -1.32. The molecule has 0 unspecified atom stereocenters. The van der Waals surface area contributed by atoms with Crippen LogP contribution in [-0.2, 0) is 14.3 Å². The second-order valence-electron chi connectivity index (χ2n) is 5.54. The molecule has 0 atom stereocenters. The molecule has 1 aliphatic rings. The van der Waals surface area contributed by atoms with E-state index in [1.54, 1.807) is 6.92 Å². The second-order valence-corrected chi connectivity index (χ2v) is 5.54. The fourth-order valence-electron chi connectivity index (χ4n) is 2.60. The van der Waals surface area contributed by atoms with Gasteiger partial charge < -0.3 is 9.64 Å². The van der Waals surface area contributed by atoms with E-state index >= 15 is 0 Å². The highest BCUT2D eigenvalue weighted by Crippen LogP contribution is 2.20. The Kier molecular flexibility index (Phi) is 8.79. The summed E-state index contributed by atoms with van der Waals surface area (Å²) in [6.07, 6.45) is 9.83. The van der Waals surface area contributed by atoms with Gasteiger partial charge >= 0.3 is 5.97 Å². The molecule has 1 rings (SSSR count). The Morgan fingerprint density at radius 2 is 2.00 bits per heavy atom. The normalized spacial score (nSPS) is 14.5. The number of esters is 1. The van der Waals surface area contributed by atoms with Crippen LogP contribution in [0.3, 0.4) is 0 Å². The smallest absolute Gasteiger partial charge is 0.307 e. The van der Waals surface area contributed by atoms with Crippen LogP contribution in [0, 0.1) is 0 Å². The first kappa shape index (κ1) is 17.7. The zero-order valence-corrected chi connectivity index (χ0v) is 13.5. The van der Waals surface area contributed by atoms with E-state index in [0.717, 1.165) is 25.8 Å². The summed E-state index contributed by atoms with van der Waals surface area (Å²) in [5.74, 6) is -0.0677. The van der Waals surface area contributed by atoms with Crippen LogP contribution in [0.4, 0.5) is 0 Å². The summed E-state index contributed by atoms with van der Waals surface area (Å²) in [6.45, 7) is 5.40. The monoisotopic (exact) mass is 295 g/mol. The lowest BCUT2D eigenvalue weighted by molar-refractivity contribution is -0.144. The van der Waals surface area contributed by atoms with Crippen molar-refractivity contribution in [1.29, 1.82) is 0 Å². The van der Waals surface area contributed by atoms with E-state index < -0.39 is 0 Å². The quantitative estimate of drug-likeness (QED) is 0.483. The summed E-state index contributed by atoms with van der Waals surface area (Å²) in [4.78, 5) is 25.4. The highest BCUT2D eigenvalue weighted by Gasteiger charge is 2.15. The number of nitrogens with zero attached hydrogens (tertiary/aromatic N) is 1. The molecule has 1 aliphatic carbocycles. The zero-order valence-electron chi connectivity index (χ0n) is 13.5. The van der Waals surface area contributed by atoms with Crippen LogP contribution < -0.4 is 0 Å². The molecule has 21 heavy (non-hydrogen) atoms. The molecular weight excluding hydrogens is 266 g/mol. The lowest BCUT2D eigenvalue weighted by atomic mass is 9.97. The lowest BCUT2D eigenvalue weighted by Gasteiger charge is -2.23. The van der Waals surface area contributed by atoms with Crippen molar-refractivity contribution in [2.45, 2.75) is 65.2 Å². The third kappa shape index (κ3) is 7.30. The van der Waals surface area contributed by atoms with Gasteiger partial charge in [0, 0.05) is 19.5 Å². The van der Waals surface area contributed by atoms with E-state index in [1.807, 2.05) is 11.8 Å². The average molecular weight is 295 g/mol. The largest absolute Gasteiger partial charge is 0.466 e. The number of amides is 1. The van der Waals surface area contributed by atoms with Gasteiger partial charge in [0.2, 0.25) is 5.91 Å². The number of carbonyl (C=O) groups is 2. The number of ether oxygens (including phenoxy) is 1. The van der Waals surface area contributed by atoms with Crippen molar-refractivity contribution in [1.82, 2.24) is 4.90 Å². The van der Waals surface area contributed by atoms with Crippen LogP contribution in [0.1, 0.15) is 65.2 Å². The predicted molar refractivity (Wildman–Crippen MR) is 83.9 cm³/mol.